The first-order valence-corrected chi connectivity index (χ1v) is 9.79. The van der Waals surface area contributed by atoms with Gasteiger partial charge < -0.3 is 14.9 Å². The predicted molar refractivity (Wildman–Crippen MR) is 111 cm³/mol. The zero-order valence-electron chi connectivity index (χ0n) is 15.1. The van der Waals surface area contributed by atoms with Crippen molar-refractivity contribution in [3.05, 3.63) is 64.6 Å². The summed E-state index contributed by atoms with van der Waals surface area (Å²) in [6.07, 6.45) is 1.71. The number of hydrogen-bond acceptors (Lipinski definition) is 5. The molecule has 2 aromatic rings. The fraction of sp³-hybridized carbons (Fsp3) is 0.238. The zero-order chi connectivity index (χ0) is 18.8. The number of amides is 1. The van der Waals surface area contributed by atoms with Crippen LogP contribution in [-0.4, -0.2) is 47.3 Å². The van der Waals surface area contributed by atoms with Crippen molar-refractivity contribution in [3.63, 3.8) is 0 Å². The van der Waals surface area contributed by atoms with E-state index in [1.54, 1.807) is 24.3 Å². The van der Waals surface area contributed by atoms with Gasteiger partial charge in [0.1, 0.15) is 5.75 Å². The summed E-state index contributed by atoms with van der Waals surface area (Å²) in [6.45, 7) is 5.56. The third kappa shape index (κ3) is 3.85. The number of benzene rings is 2. The molecule has 0 spiro atoms. The molecule has 1 fully saturated rings. The maximum Gasteiger partial charge on any atom is 0.286 e. The van der Waals surface area contributed by atoms with Crippen molar-refractivity contribution in [2.24, 2.45) is 4.99 Å². The number of rotatable bonds is 2. The average molecular weight is 379 g/mol. The highest BCUT2D eigenvalue weighted by Crippen LogP contribution is 2.32. The van der Waals surface area contributed by atoms with Crippen molar-refractivity contribution in [2.45, 2.75) is 6.92 Å². The maximum atomic E-state index is 12.3. The molecule has 0 aliphatic carbocycles. The lowest BCUT2D eigenvalue weighted by Gasteiger charge is -2.36. The first-order chi connectivity index (χ1) is 13.1. The van der Waals surface area contributed by atoms with Gasteiger partial charge >= 0.3 is 0 Å². The number of aliphatic imine (C=N–C) groups is 1. The Labute approximate surface area is 163 Å². The van der Waals surface area contributed by atoms with E-state index >= 15 is 0 Å². The minimum atomic E-state index is -0.237. The van der Waals surface area contributed by atoms with Crippen LogP contribution in [-0.2, 0) is 4.79 Å². The largest absolute Gasteiger partial charge is 0.507 e. The summed E-state index contributed by atoms with van der Waals surface area (Å²) in [7, 11) is 0. The Hall–Kier alpha value is -2.73. The van der Waals surface area contributed by atoms with Gasteiger partial charge in [0.05, 0.1) is 4.91 Å². The van der Waals surface area contributed by atoms with Gasteiger partial charge in [0.15, 0.2) is 5.17 Å². The molecular formula is C21H21N3O2S. The number of nitrogens with zero attached hydrogens (tertiary/aromatic N) is 3. The first kappa shape index (κ1) is 17.7. The lowest BCUT2D eigenvalue weighted by molar-refractivity contribution is -0.113. The van der Waals surface area contributed by atoms with Gasteiger partial charge in [-0.2, -0.15) is 4.99 Å². The highest BCUT2D eigenvalue weighted by Gasteiger charge is 2.28. The Morgan fingerprint density at radius 2 is 1.78 bits per heavy atom. The summed E-state index contributed by atoms with van der Waals surface area (Å²) < 4.78 is 0. The Morgan fingerprint density at radius 1 is 1.04 bits per heavy atom. The van der Waals surface area contributed by atoms with Crippen LogP contribution in [0.15, 0.2) is 58.4 Å². The van der Waals surface area contributed by atoms with Crippen LogP contribution in [0.25, 0.3) is 6.08 Å². The van der Waals surface area contributed by atoms with Crippen LogP contribution in [0.4, 0.5) is 5.69 Å². The van der Waals surface area contributed by atoms with Gasteiger partial charge in [-0.05, 0) is 48.5 Å². The Morgan fingerprint density at radius 3 is 2.52 bits per heavy atom. The topological polar surface area (TPSA) is 56.1 Å². The molecule has 1 amide bonds. The molecular weight excluding hydrogens is 358 g/mol. The van der Waals surface area contributed by atoms with Crippen molar-refractivity contribution < 1.29 is 9.90 Å². The molecule has 4 rings (SSSR count). The number of para-hydroxylation sites is 1. The van der Waals surface area contributed by atoms with E-state index in [0.717, 1.165) is 31.3 Å². The van der Waals surface area contributed by atoms with Crippen LogP contribution < -0.4 is 4.90 Å². The van der Waals surface area contributed by atoms with E-state index in [1.807, 2.05) is 6.07 Å². The summed E-state index contributed by atoms with van der Waals surface area (Å²) in [5, 5.41) is 10.7. The second kappa shape index (κ2) is 7.48. The number of amidine groups is 1. The van der Waals surface area contributed by atoms with Gasteiger partial charge in [-0.15, -0.1) is 0 Å². The molecule has 2 aromatic carbocycles. The van der Waals surface area contributed by atoms with E-state index < -0.39 is 0 Å². The van der Waals surface area contributed by atoms with E-state index in [2.05, 4.69) is 46.0 Å². The molecule has 27 heavy (non-hydrogen) atoms. The van der Waals surface area contributed by atoms with Crippen LogP contribution in [0, 0.1) is 6.92 Å². The minimum absolute atomic E-state index is 0.165. The summed E-state index contributed by atoms with van der Waals surface area (Å²) in [5.74, 6) is -0.0713. The summed E-state index contributed by atoms with van der Waals surface area (Å²) in [6, 6.07) is 15.5. The summed E-state index contributed by atoms with van der Waals surface area (Å²) >= 11 is 1.39. The van der Waals surface area contributed by atoms with Crippen molar-refractivity contribution in [1.82, 2.24) is 4.90 Å². The van der Waals surface area contributed by atoms with Crippen molar-refractivity contribution >= 4 is 34.6 Å². The van der Waals surface area contributed by atoms with Crippen molar-refractivity contribution in [3.8, 4) is 5.75 Å². The number of aryl methyl sites for hydroxylation is 1. The van der Waals surface area contributed by atoms with E-state index in [4.69, 9.17) is 0 Å². The number of hydrogen-bond donors (Lipinski definition) is 1. The SMILES string of the molecule is Cc1cccc(N2CCN(C3=NC(=O)/C(=C/c4ccccc4O)S3)CC2)c1. The molecule has 2 heterocycles. The van der Waals surface area contributed by atoms with Crippen molar-refractivity contribution in [1.29, 1.82) is 0 Å². The number of carbonyl (C=O) groups excluding carboxylic acids is 1. The first-order valence-electron chi connectivity index (χ1n) is 8.97. The van der Waals surface area contributed by atoms with Gasteiger partial charge in [-0.1, -0.05) is 30.3 Å². The molecule has 6 heteroatoms. The number of carbonyl (C=O) groups is 1. The second-order valence-electron chi connectivity index (χ2n) is 6.68. The van der Waals surface area contributed by atoms with E-state index in [0.29, 0.717) is 10.5 Å². The van der Waals surface area contributed by atoms with Crippen LogP contribution in [0.3, 0.4) is 0 Å². The fourth-order valence-electron chi connectivity index (χ4n) is 3.26. The normalized spacial score (nSPS) is 18.9. The molecule has 0 radical (unpaired) electrons. The van der Waals surface area contributed by atoms with Crippen LogP contribution in [0.1, 0.15) is 11.1 Å². The number of piperazine rings is 1. The smallest absolute Gasteiger partial charge is 0.286 e. The van der Waals surface area contributed by atoms with Gasteiger partial charge in [0, 0.05) is 37.4 Å². The Bertz CT molecular complexity index is 931. The summed E-state index contributed by atoms with van der Waals surface area (Å²) in [5.41, 5.74) is 3.14. The van der Waals surface area contributed by atoms with Crippen LogP contribution in [0.2, 0.25) is 0 Å². The second-order valence-corrected chi connectivity index (χ2v) is 7.69. The molecule has 1 saturated heterocycles. The van der Waals surface area contributed by atoms with Gasteiger partial charge in [0.25, 0.3) is 5.91 Å². The molecule has 2 aliphatic heterocycles. The van der Waals surface area contributed by atoms with Crippen LogP contribution in [0.5, 0.6) is 5.75 Å². The third-order valence-electron chi connectivity index (χ3n) is 4.75. The molecule has 1 N–H and O–H groups in total. The molecule has 5 nitrogen and oxygen atoms in total. The molecule has 0 bridgehead atoms. The molecule has 2 aliphatic rings. The van der Waals surface area contributed by atoms with Gasteiger partial charge in [0.2, 0.25) is 0 Å². The van der Waals surface area contributed by atoms with E-state index in [9.17, 15) is 9.90 Å². The van der Waals surface area contributed by atoms with Gasteiger partial charge in [-0.3, -0.25) is 4.79 Å². The molecule has 0 unspecified atom stereocenters. The quantitative estimate of drug-likeness (QED) is 0.810. The fourth-order valence-corrected chi connectivity index (χ4v) is 4.22. The number of anilines is 1. The third-order valence-corrected chi connectivity index (χ3v) is 5.79. The molecule has 0 saturated carbocycles. The van der Waals surface area contributed by atoms with E-state index in [-0.39, 0.29) is 11.7 Å². The highest BCUT2D eigenvalue weighted by atomic mass is 32.2. The maximum absolute atomic E-state index is 12.3. The molecule has 0 aromatic heterocycles. The number of phenols is 1. The molecule has 0 atom stereocenters. The van der Waals surface area contributed by atoms with Gasteiger partial charge in [-0.25, -0.2) is 0 Å². The van der Waals surface area contributed by atoms with Crippen molar-refractivity contribution in [2.75, 3.05) is 31.1 Å². The Balaban J connectivity index is 1.42. The minimum Gasteiger partial charge on any atom is -0.507 e. The molecule has 138 valence electrons. The number of thioether (sulfide) groups is 1. The monoisotopic (exact) mass is 379 g/mol. The number of phenolic OH excluding ortho intramolecular Hbond substituents is 1. The van der Waals surface area contributed by atoms with E-state index in [1.165, 1.54) is 23.0 Å². The number of aromatic hydroxyl groups is 1. The summed E-state index contributed by atoms with van der Waals surface area (Å²) in [4.78, 5) is 21.6. The zero-order valence-corrected chi connectivity index (χ0v) is 15.9. The lowest BCUT2D eigenvalue weighted by atomic mass is 10.2. The predicted octanol–water partition coefficient (Wildman–Crippen LogP) is 3.49. The lowest BCUT2D eigenvalue weighted by Crippen LogP contribution is -2.47. The van der Waals surface area contributed by atoms with Crippen LogP contribution >= 0.6 is 11.8 Å². The highest BCUT2D eigenvalue weighted by molar-refractivity contribution is 8.18. The average Bonchev–Trinajstić information content (AvgIpc) is 3.04. The Kier molecular flexibility index (Phi) is 4.90. The standard InChI is InChI=1S/C21H21N3O2S/c1-15-5-4-7-17(13-15)23-9-11-24(12-10-23)21-22-20(26)19(27-21)14-16-6-2-3-8-18(16)25/h2-8,13-14,25H,9-12H2,1H3/b19-14-.